The van der Waals surface area contributed by atoms with Gasteiger partial charge in [0.15, 0.2) is 0 Å². The molecule has 3 heteroatoms. The Bertz CT molecular complexity index is 230. The molecule has 0 aromatic carbocycles. The molecule has 0 aromatic rings. The van der Waals surface area contributed by atoms with Crippen molar-refractivity contribution in [2.24, 2.45) is 11.3 Å². The van der Waals surface area contributed by atoms with Gasteiger partial charge >= 0.3 is 0 Å². The van der Waals surface area contributed by atoms with E-state index in [9.17, 15) is 0 Å². The van der Waals surface area contributed by atoms with E-state index in [0.29, 0.717) is 5.41 Å². The van der Waals surface area contributed by atoms with Gasteiger partial charge in [0.1, 0.15) is 0 Å². The fraction of sp³-hybridized carbons (Fsp3) is 1.00. The zero-order valence-electron chi connectivity index (χ0n) is 11.8. The molecule has 1 heterocycles. The Morgan fingerprint density at radius 2 is 1.94 bits per heavy atom. The van der Waals surface area contributed by atoms with Crippen LogP contribution in [-0.4, -0.2) is 63.7 Å². The van der Waals surface area contributed by atoms with Crippen LogP contribution in [0.5, 0.6) is 0 Å². The van der Waals surface area contributed by atoms with E-state index in [1.165, 1.54) is 58.4 Å². The molecule has 0 amide bonds. The minimum Gasteiger partial charge on any atom is -0.319 e. The number of hydrogen-bond acceptors (Lipinski definition) is 3. The number of nitrogens with one attached hydrogen (secondary N) is 1. The molecule has 0 bridgehead atoms. The van der Waals surface area contributed by atoms with Crippen LogP contribution in [0.15, 0.2) is 0 Å². The van der Waals surface area contributed by atoms with E-state index in [1.54, 1.807) is 0 Å². The Morgan fingerprint density at radius 1 is 1.29 bits per heavy atom. The number of hydrogen-bond donors (Lipinski definition) is 1. The predicted octanol–water partition coefficient (Wildman–Crippen LogP) is 1.26. The molecule has 1 aliphatic heterocycles. The highest BCUT2D eigenvalue weighted by atomic mass is 15.1. The second-order valence-electron chi connectivity index (χ2n) is 6.47. The first kappa shape index (κ1) is 13.3. The first-order valence-corrected chi connectivity index (χ1v) is 7.15. The van der Waals surface area contributed by atoms with Crippen molar-refractivity contribution in [3.05, 3.63) is 0 Å². The predicted molar refractivity (Wildman–Crippen MR) is 73.3 cm³/mol. The first-order chi connectivity index (χ1) is 8.13. The highest BCUT2D eigenvalue weighted by Gasteiger charge is 2.42. The normalized spacial score (nSPS) is 25.4. The van der Waals surface area contributed by atoms with Gasteiger partial charge in [-0.15, -0.1) is 0 Å². The Labute approximate surface area is 107 Å². The van der Waals surface area contributed by atoms with Gasteiger partial charge in [-0.3, -0.25) is 0 Å². The molecule has 17 heavy (non-hydrogen) atoms. The molecule has 0 aromatic heterocycles. The van der Waals surface area contributed by atoms with Gasteiger partial charge in [-0.1, -0.05) is 0 Å². The third kappa shape index (κ3) is 3.94. The van der Waals surface area contributed by atoms with Crippen LogP contribution in [0, 0.1) is 11.3 Å². The fourth-order valence-electron chi connectivity index (χ4n) is 3.27. The monoisotopic (exact) mass is 239 g/mol. The van der Waals surface area contributed by atoms with E-state index in [1.807, 2.05) is 0 Å². The summed E-state index contributed by atoms with van der Waals surface area (Å²) in [6.45, 7) is 6.38. The summed E-state index contributed by atoms with van der Waals surface area (Å²) < 4.78 is 0. The molecule has 2 rings (SSSR count). The summed E-state index contributed by atoms with van der Waals surface area (Å²) in [6, 6.07) is 0. The highest BCUT2D eigenvalue weighted by molar-refractivity contribution is 4.96. The molecule has 1 saturated carbocycles. The third-order valence-corrected chi connectivity index (χ3v) is 4.52. The summed E-state index contributed by atoms with van der Waals surface area (Å²) in [7, 11) is 6.64. The maximum Gasteiger partial charge on any atom is 0.00472 e. The molecule has 1 aliphatic carbocycles. The topological polar surface area (TPSA) is 18.5 Å². The van der Waals surface area contributed by atoms with Crippen LogP contribution in [0.2, 0.25) is 0 Å². The van der Waals surface area contributed by atoms with Crippen LogP contribution in [0.25, 0.3) is 0 Å². The Balaban J connectivity index is 1.68. The summed E-state index contributed by atoms with van der Waals surface area (Å²) in [6.07, 6.45) is 5.62. The summed E-state index contributed by atoms with van der Waals surface area (Å²) in [5, 5.41) is 3.35. The van der Waals surface area contributed by atoms with Crippen molar-refractivity contribution in [1.29, 1.82) is 0 Å². The summed E-state index contributed by atoms with van der Waals surface area (Å²) in [4.78, 5) is 5.04. The SMILES string of the molecule is CNCC1(CN(C)CC2CCN(C)CC2)CC1. The zero-order valence-corrected chi connectivity index (χ0v) is 11.8. The van der Waals surface area contributed by atoms with Crippen LogP contribution in [0.1, 0.15) is 25.7 Å². The van der Waals surface area contributed by atoms with Crippen LogP contribution in [0.4, 0.5) is 0 Å². The Kier molecular flexibility index (Phi) is 4.45. The lowest BCUT2D eigenvalue weighted by atomic mass is 9.96. The smallest absolute Gasteiger partial charge is 0.00472 e. The minimum atomic E-state index is 0.620. The van der Waals surface area contributed by atoms with Crippen molar-refractivity contribution in [2.45, 2.75) is 25.7 Å². The van der Waals surface area contributed by atoms with Crippen LogP contribution >= 0.6 is 0 Å². The molecule has 100 valence electrons. The molecule has 2 fully saturated rings. The second-order valence-corrected chi connectivity index (χ2v) is 6.47. The van der Waals surface area contributed by atoms with Gasteiger partial charge in [0.05, 0.1) is 0 Å². The van der Waals surface area contributed by atoms with Gasteiger partial charge in [-0.2, -0.15) is 0 Å². The standard InChI is InChI=1S/C14H29N3/c1-15-11-14(6-7-14)12-17(3)10-13-4-8-16(2)9-5-13/h13,15H,4-12H2,1-3H3. The van der Waals surface area contributed by atoms with Crippen molar-refractivity contribution in [3.8, 4) is 0 Å². The highest BCUT2D eigenvalue weighted by Crippen LogP contribution is 2.45. The van der Waals surface area contributed by atoms with E-state index in [0.717, 1.165) is 5.92 Å². The lowest BCUT2D eigenvalue weighted by molar-refractivity contribution is 0.161. The molecule has 1 saturated heterocycles. The molecule has 3 nitrogen and oxygen atoms in total. The van der Waals surface area contributed by atoms with E-state index in [4.69, 9.17) is 0 Å². The largest absolute Gasteiger partial charge is 0.319 e. The molecule has 1 N–H and O–H groups in total. The van der Waals surface area contributed by atoms with E-state index in [2.05, 4.69) is 36.3 Å². The molecule has 2 aliphatic rings. The zero-order chi connectivity index (χ0) is 12.3. The molecule has 0 radical (unpaired) electrons. The quantitative estimate of drug-likeness (QED) is 0.753. The second kappa shape index (κ2) is 5.68. The maximum absolute atomic E-state index is 3.35. The van der Waals surface area contributed by atoms with Crippen LogP contribution < -0.4 is 5.32 Å². The van der Waals surface area contributed by atoms with Crippen molar-refractivity contribution < 1.29 is 0 Å². The lowest BCUT2D eigenvalue weighted by Gasteiger charge is -2.33. The van der Waals surface area contributed by atoms with Gasteiger partial charge in [0, 0.05) is 19.6 Å². The summed E-state index contributed by atoms with van der Waals surface area (Å²) >= 11 is 0. The van der Waals surface area contributed by atoms with Gasteiger partial charge in [0.25, 0.3) is 0 Å². The minimum absolute atomic E-state index is 0.620. The van der Waals surface area contributed by atoms with Crippen molar-refractivity contribution in [1.82, 2.24) is 15.1 Å². The lowest BCUT2D eigenvalue weighted by Crippen LogP contribution is -2.39. The molecule has 0 spiro atoms. The van der Waals surface area contributed by atoms with Crippen LogP contribution in [0.3, 0.4) is 0 Å². The van der Waals surface area contributed by atoms with Crippen molar-refractivity contribution in [2.75, 3.05) is 53.9 Å². The summed E-state index contributed by atoms with van der Waals surface area (Å²) in [5.41, 5.74) is 0.620. The average Bonchev–Trinajstić information content (AvgIpc) is 3.02. The van der Waals surface area contributed by atoms with Gasteiger partial charge in [-0.05, 0) is 71.2 Å². The number of piperidine rings is 1. The Morgan fingerprint density at radius 3 is 2.47 bits per heavy atom. The number of rotatable bonds is 6. The molecular weight excluding hydrogens is 210 g/mol. The number of nitrogens with zero attached hydrogens (tertiary/aromatic N) is 2. The van der Waals surface area contributed by atoms with Crippen molar-refractivity contribution >= 4 is 0 Å². The fourth-order valence-corrected chi connectivity index (χ4v) is 3.27. The van der Waals surface area contributed by atoms with Crippen molar-refractivity contribution in [3.63, 3.8) is 0 Å². The maximum atomic E-state index is 3.35. The van der Waals surface area contributed by atoms with Gasteiger partial charge in [0.2, 0.25) is 0 Å². The third-order valence-electron chi connectivity index (χ3n) is 4.52. The molecular formula is C14H29N3. The van der Waals surface area contributed by atoms with E-state index >= 15 is 0 Å². The Hall–Kier alpha value is -0.120. The van der Waals surface area contributed by atoms with E-state index in [-0.39, 0.29) is 0 Å². The van der Waals surface area contributed by atoms with Gasteiger partial charge < -0.3 is 15.1 Å². The summed E-state index contributed by atoms with van der Waals surface area (Å²) in [5.74, 6) is 0.932. The van der Waals surface area contributed by atoms with Crippen LogP contribution in [-0.2, 0) is 0 Å². The number of likely N-dealkylation sites (tertiary alicyclic amines) is 1. The van der Waals surface area contributed by atoms with Gasteiger partial charge in [-0.25, -0.2) is 0 Å². The molecule has 0 atom stereocenters. The average molecular weight is 239 g/mol. The first-order valence-electron chi connectivity index (χ1n) is 7.15. The molecule has 0 unspecified atom stereocenters. The van der Waals surface area contributed by atoms with E-state index < -0.39 is 0 Å².